The predicted octanol–water partition coefficient (Wildman–Crippen LogP) is 5.76. The van der Waals surface area contributed by atoms with Gasteiger partial charge >= 0.3 is 5.63 Å². The van der Waals surface area contributed by atoms with Gasteiger partial charge in [0.2, 0.25) is 0 Å². The second-order valence-corrected chi connectivity index (χ2v) is 8.77. The Bertz CT molecular complexity index is 1910. The highest BCUT2D eigenvalue weighted by atomic mass is 16.5. The van der Waals surface area contributed by atoms with Crippen LogP contribution in [-0.2, 0) is 0 Å². The number of pyridine rings is 1. The molecule has 0 aliphatic rings. The van der Waals surface area contributed by atoms with Gasteiger partial charge in [-0.05, 0) is 66.3 Å². The van der Waals surface area contributed by atoms with Crippen LogP contribution in [0.3, 0.4) is 0 Å². The quantitative estimate of drug-likeness (QED) is 0.280. The van der Waals surface area contributed by atoms with Gasteiger partial charge in [-0.15, -0.1) is 0 Å². The summed E-state index contributed by atoms with van der Waals surface area (Å²) in [5.41, 5.74) is 3.55. The van der Waals surface area contributed by atoms with Crippen molar-refractivity contribution in [2.75, 3.05) is 7.11 Å². The Balaban J connectivity index is 1.95. The summed E-state index contributed by atoms with van der Waals surface area (Å²) in [7, 11) is 1.43. The molecule has 0 unspecified atom stereocenters. The number of aryl methyl sites for hydroxylation is 2. The maximum Gasteiger partial charge on any atom is 0.361 e. The number of nitrogens with zero attached hydrogens (tertiary/aromatic N) is 1. The first kappa shape index (κ1) is 20.9. The van der Waals surface area contributed by atoms with Crippen LogP contribution in [0.4, 0.5) is 0 Å². The van der Waals surface area contributed by atoms with Crippen LogP contribution in [0.1, 0.15) is 11.1 Å². The predicted molar refractivity (Wildman–Crippen MR) is 135 cm³/mol. The van der Waals surface area contributed by atoms with Gasteiger partial charge in [-0.1, -0.05) is 12.1 Å². The zero-order valence-electron chi connectivity index (χ0n) is 19.2. The number of aromatic nitrogens is 1. The average molecular weight is 467 g/mol. The molecular weight excluding hydrogens is 446 g/mol. The molecule has 174 valence electrons. The molecule has 6 rings (SSSR count). The summed E-state index contributed by atoms with van der Waals surface area (Å²) >= 11 is 0. The van der Waals surface area contributed by atoms with E-state index in [0.29, 0.717) is 33.0 Å². The summed E-state index contributed by atoms with van der Waals surface area (Å²) in [6.45, 7) is 3.62. The van der Waals surface area contributed by atoms with Crippen molar-refractivity contribution in [2.45, 2.75) is 13.8 Å². The monoisotopic (exact) mass is 467 g/mol. The van der Waals surface area contributed by atoms with Crippen LogP contribution in [0.5, 0.6) is 23.0 Å². The largest absolute Gasteiger partial charge is 0.508 e. The fourth-order valence-corrected chi connectivity index (χ4v) is 4.86. The van der Waals surface area contributed by atoms with Gasteiger partial charge < -0.3 is 28.9 Å². The van der Waals surface area contributed by atoms with E-state index < -0.39 is 5.63 Å². The molecule has 7 heteroatoms. The first-order chi connectivity index (χ1) is 16.8. The van der Waals surface area contributed by atoms with E-state index in [1.807, 2.05) is 38.1 Å². The molecule has 0 aliphatic heterocycles. The summed E-state index contributed by atoms with van der Waals surface area (Å²) in [5, 5.41) is 34.1. The van der Waals surface area contributed by atoms with Crippen molar-refractivity contribution < 1.29 is 24.5 Å². The van der Waals surface area contributed by atoms with E-state index in [1.165, 1.54) is 19.2 Å². The van der Waals surface area contributed by atoms with Crippen LogP contribution in [0.2, 0.25) is 0 Å². The SMILES string of the molecule is COc1cc2oc(=O)c3c(c(-c4ccc(C)c(O)c4)c4c5cc(C)c(O)cc5ccn43)c2cc1O. The van der Waals surface area contributed by atoms with Gasteiger partial charge in [-0.3, -0.25) is 0 Å². The Hall–Kier alpha value is -4.65. The van der Waals surface area contributed by atoms with Crippen LogP contribution >= 0.6 is 0 Å². The molecule has 0 aliphatic carbocycles. The molecule has 3 aromatic heterocycles. The minimum atomic E-state index is -0.548. The van der Waals surface area contributed by atoms with Gasteiger partial charge in [-0.25, -0.2) is 4.79 Å². The fraction of sp³-hybridized carbons (Fsp3) is 0.107. The average Bonchev–Trinajstić information content (AvgIpc) is 3.18. The van der Waals surface area contributed by atoms with E-state index in [2.05, 4.69) is 0 Å². The van der Waals surface area contributed by atoms with E-state index in [0.717, 1.165) is 21.9 Å². The maximum atomic E-state index is 13.3. The molecule has 3 aromatic carbocycles. The standard InChI is InChI=1S/C28H21NO6/c1-13-4-5-16(10-19(13)30)24-25-18-11-21(32)23(34-3)12-22(18)35-28(33)27(25)29-7-6-15-9-20(31)14(2)8-17(15)26(24)29/h4-12,30-32H,1-3H3. The molecule has 0 atom stereocenters. The molecule has 0 saturated heterocycles. The normalized spacial score (nSPS) is 11.7. The van der Waals surface area contributed by atoms with Gasteiger partial charge in [0.15, 0.2) is 11.5 Å². The summed E-state index contributed by atoms with van der Waals surface area (Å²) in [6.07, 6.45) is 1.76. The van der Waals surface area contributed by atoms with Crippen molar-refractivity contribution in [1.82, 2.24) is 4.40 Å². The summed E-state index contributed by atoms with van der Waals surface area (Å²) in [5.74, 6) is 0.402. The topological polar surface area (TPSA) is 105 Å². The third-order valence-electron chi connectivity index (χ3n) is 6.68. The minimum Gasteiger partial charge on any atom is -0.508 e. The Morgan fingerprint density at radius 2 is 1.60 bits per heavy atom. The smallest absolute Gasteiger partial charge is 0.361 e. The van der Waals surface area contributed by atoms with Crippen molar-refractivity contribution in [3.8, 4) is 34.1 Å². The van der Waals surface area contributed by atoms with Crippen LogP contribution in [0.25, 0.3) is 49.3 Å². The molecule has 3 N–H and O–H groups in total. The van der Waals surface area contributed by atoms with Crippen molar-refractivity contribution in [3.63, 3.8) is 0 Å². The molecule has 0 fully saturated rings. The zero-order valence-corrected chi connectivity index (χ0v) is 19.2. The van der Waals surface area contributed by atoms with Crippen LogP contribution in [0, 0.1) is 13.8 Å². The molecule has 0 bridgehead atoms. The number of hydrogen-bond acceptors (Lipinski definition) is 6. The van der Waals surface area contributed by atoms with Crippen molar-refractivity contribution in [3.05, 3.63) is 76.3 Å². The summed E-state index contributed by atoms with van der Waals surface area (Å²) in [4.78, 5) is 13.3. The second-order valence-electron chi connectivity index (χ2n) is 8.77. The summed E-state index contributed by atoms with van der Waals surface area (Å²) in [6, 6.07) is 13.8. The lowest BCUT2D eigenvalue weighted by Gasteiger charge is -2.10. The Kier molecular flexibility index (Phi) is 4.29. The lowest BCUT2D eigenvalue weighted by molar-refractivity contribution is 0.373. The van der Waals surface area contributed by atoms with Crippen LogP contribution in [-0.4, -0.2) is 26.8 Å². The third-order valence-corrected chi connectivity index (χ3v) is 6.68. The fourth-order valence-electron chi connectivity index (χ4n) is 4.86. The highest BCUT2D eigenvalue weighted by molar-refractivity contribution is 6.21. The van der Waals surface area contributed by atoms with Crippen LogP contribution < -0.4 is 10.4 Å². The van der Waals surface area contributed by atoms with Gasteiger partial charge in [0.05, 0.1) is 12.6 Å². The van der Waals surface area contributed by atoms with E-state index in [4.69, 9.17) is 9.15 Å². The minimum absolute atomic E-state index is 0.0891. The lowest BCUT2D eigenvalue weighted by Crippen LogP contribution is -2.02. The Labute approximate surface area is 198 Å². The number of hydrogen-bond donors (Lipinski definition) is 3. The number of phenolic OH excluding ortho intramolecular Hbond substituents is 3. The van der Waals surface area contributed by atoms with E-state index >= 15 is 0 Å². The number of aromatic hydroxyl groups is 3. The zero-order chi connectivity index (χ0) is 24.6. The third kappa shape index (κ3) is 2.88. The maximum absolute atomic E-state index is 13.3. The highest BCUT2D eigenvalue weighted by Crippen LogP contribution is 2.44. The van der Waals surface area contributed by atoms with Crippen LogP contribution in [0.15, 0.2) is 63.9 Å². The van der Waals surface area contributed by atoms with Crippen molar-refractivity contribution >= 4 is 38.2 Å². The van der Waals surface area contributed by atoms with Gasteiger partial charge in [0.25, 0.3) is 0 Å². The number of methoxy groups -OCH3 is 1. The molecule has 35 heavy (non-hydrogen) atoms. The van der Waals surface area contributed by atoms with E-state index in [-0.39, 0.29) is 28.6 Å². The number of phenols is 3. The molecule has 6 aromatic rings. The lowest BCUT2D eigenvalue weighted by atomic mass is 9.97. The van der Waals surface area contributed by atoms with Gasteiger partial charge in [0, 0.05) is 34.0 Å². The molecule has 0 radical (unpaired) electrons. The van der Waals surface area contributed by atoms with Gasteiger partial charge in [0.1, 0.15) is 22.6 Å². The first-order valence-electron chi connectivity index (χ1n) is 11.0. The Morgan fingerprint density at radius 1 is 0.829 bits per heavy atom. The molecule has 0 amide bonds. The highest BCUT2D eigenvalue weighted by Gasteiger charge is 2.24. The first-order valence-corrected chi connectivity index (χ1v) is 11.0. The van der Waals surface area contributed by atoms with Crippen molar-refractivity contribution in [1.29, 1.82) is 0 Å². The molecule has 0 saturated carbocycles. The molecule has 7 nitrogen and oxygen atoms in total. The Morgan fingerprint density at radius 3 is 2.34 bits per heavy atom. The number of benzene rings is 3. The number of rotatable bonds is 2. The van der Waals surface area contributed by atoms with Crippen molar-refractivity contribution in [2.24, 2.45) is 0 Å². The van der Waals surface area contributed by atoms with E-state index in [1.54, 1.807) is 22.7 Å². The molecule has 0 spiro atoms. The second kappa shape index (κ2) is 7.17. The number of ether oxygens (including phenoxy) is 1. The van der Waals surface area contributed by atoms with E-state index in [9.17, 15) is 20.1 Å². The molecular formula is C28H21NO6. The molecule has 3 heterocycles. The number of fused-ring (bicyclic) bond motifs is 7. The van der Waals surface area contributed by atoms with Gasteiger partial charge in [-0.2, -0.15) is 0 Å². The summed E-state index contributed by atoms with van der Waals surface area (Å²) < 4.78 is 12.7.